The van der Waals surface area contributed by atoms with Gasteiger partial charge in [-0.3, -0.25) is 9.69 Å². The van der Waals surface area contributed by atoms with Crippen molar-refractivity contribution in [3.63, 3.8) is 0 Å². The molecule has 4 rings (SSSR count). The minimum absolute atomic E-state index is 0.0447. The van der Waals surface area contributed by atoms with E-state index in [1.165, 1.54) is 9.71 Å². The number of hydrogen-bond donors (Lipinski definition) is 1. The fraction of sp³-hybridized carbons (Fsp3) is 0.421. The normalized spacial score (nSPS) is 17.5. The molecule has 0 aliphatic carbocycles. The Morgan fingerprint density at radius 1 is 1.35 bits per heavy atom. The maximum absolute atomic E-state index is 12.4. The summed E-state index contributed by atoms with van der Waals surface area (Å²) in [6.45, 7) is 5.54. The van der Waals surface area contributed by atoms with E-state index in [-0.39, 0.29) is 11.9 Å². The molecule has 1 amide bonds. The van der Waals surface area contributed by atoms with E-state index in [0.29, 0.717) is 17.5 Å². The van der Waals surface area contributed by atoms with E-state index in [0.717, 1.165) is 31.4 Å². The molecule has 1 aliphatic rings. The van der Waals surface area contributed by atoms with Gasteiger partial charge >= 0.3 is 0 Å². The summed E-state index contributed by atoms with van der Waals surface area (Å²) < 4.78 is 6.25. The molecule has 1 N–H and O–H groups in total. The standard InChI is InChI=1S/C19H22N4O2S/c1-12-11-17(22-25-12)21-18(24)13(2)23-9-7-14(8-10-23)19-20-15-5-3-4-6-16(15)26-19/h3-6,11,13-14H,7-10H2,1-2H3,(H,21,22,24). The fourth-order valence-corrected chi connectivity index (χ4v) is 4.56. The van der Waals surface area contributed by atoms with E-state index in [1.54, 1.807) is 24.3 Å². The van der Waals surface area contributed by atoms with Crippen LogP contribution in [0.5, 0.6) is 0 Å². The van der Waals surface area contributed by atoms with Crippen LogP contribution in [0.4, 0.5) is 5.82 Å². The molecule has 1 saturated heterocycles. The second-order valence-corrected chi connectivity index (χ2v) is 7.88. The van der Waals surface area contributed by atoms with Crippen LogP contribution < -0.4 is 5.32 Å². The van der Waals surface area contributed by atoms with Gasteiger partial charge in [0.15, 0.2) is 5.82 Å². The Balaban J connectivity index is 1.35. The topological polar surface area (TPSA) is 71.3 Å². The first-order valence-electron chi connectivity index (χ1n) is 8.94. The van der Waals surface area contributed by atoms with Crippen molar-refractivity contribution in [2.75, 3.05) is 18.4 Å². The zero-order valence-corrected chi connectivity index (χ0v) is 15.8. The monoisotopic (exact) mass is 370 g/mol. The summed E-state index contributed by atoms with van der Waals surface area (Å²) in [6.07, 6.45) is 2.06. The summed E-state index contributed by atoms with van der Waals surface area (Å²) in [5, 5.41) is 7.87. The molecule has 1 fully saturated rings. The van der Waals surface area contributed by atoms with Crippen LogP contribution in [0, 0.1) is 6.92 Å². The summed E-state index contributed by atoms with van der Waals surface area (Å²) >= 11 is 1.80. The number of nitrogens with zero attached hydrogens (tertiary/aromatic N) is 3. The van der Waals surface area contributed by atoms with Crippen molar-refractivity contribution in [3.05, 3.63) is 41.1 Å². The number of aryl methyl sites for hydroxylation is 1. The molecular formula is C19H22N4O2S. The molecule has 7 heteroatoms. The van der Waals surface area contributed by atoms with Crippen molar-refractivity contribution in [2.24, 2.45) is 0 Å². The van der Waals surface area contributed by atoms with E-state index in [4.69, 9.17) is 9.51 Å². The van der Waals surface area contributed by atoms with Gasteiger partial charge in [0.2, 0.25) is 5.91 Å². The second-order valence-electron chi connectivity index (χ2n) is 6.82. The molecule has 26 heavy (non-hydrogen) atoms. The van der Waals surface area contributed by atoms with Crippen molar-refractivity contribution >= 4 is 33.3 Å². The third-order valence-electron chi connectivity index (χ3n) is 5.00. The first-order valence-corrected chi connectivity index (χ1v) is 9.75. The molecule has 136 valence electrons. The number of piperidine rings is 1. The summed E-state index contributed by atoms with van der Waals surface area (Å²) in [4.78, 5) is 19.5. The molecule has 2 aromatic heterocycles. The number of thiazole rings is 1. The number of likely N-dealkylation sites (tertiary alicyclic amines) is 1. The highest BCUT2D eigenvalue weighted by molar-refractivity contribution is 7.18. The molecule has 0 bridgehead atoms. The fourth-order valence-electron chi connectivity index (χ4n) is 3.42. The molecule has 1 unspecified atom stereocenters. The average Bonchev–Trinajstić information content (AvgIpc) is 3.27. The number of nitrogens with one attached hydrogen (secondary N) is 1. The van der Waals surface area contributed by atoms with Crippen molar-refractivity contribution < 1.29 is 9.32 Å². The van der Waals surface area contributed by atoms with Gasteiger partial charge < -0.3 is 9.84 Å². The Hall–Kier alpha value is -2.25. The quantitative estimate of drug-likeness (QED) is 0.756. The van der Waals surface area contributed by atoms with E-state index in [1.807, 2.05) is 13.0 Å². The molecule has 3 heterocycles. The third-order valence-corrected chi connectivity index (χ3v) is 6.19. The average molecular weight is 370 g/mol. The smallest absolute Gasteiger partial charge is 0.242 e. The number of fused-ring (bicyclic) bond motifs is 1. The van der Waals surface area contributed by atoms with Gasteiger partial charge in [0.05, 0.1) is 21.3 Å². The highest BCUT2D eigenvalue weighted by Crippen LogP contribution is 2.34. The molecule has 0 radical (unpaired) electrons. The summed E-state index contributed by atoms with van der Waals surface area (Å²) in [5.41, 5.74) is 1.09. The molecule has 0 saturated carbocycles. The van der Waals surface area contributed by atoms with Gasteiger partial charge in [-0.2, -0.15) is 0 Å². The zero-order valence-electron chi connectivity index (χ0n) is 14.9. The lowest BCUT2D eigenvalue weighted by molar-refractivity contribution is -0.121. The number of benzene rings is 1. The summed E-state index contributed by atoms with van der Waals surface area (Å²) in [5.74, 6) is 1.60. The first kappa shape index (κ1) is 17.2. The van der Waals surface area contributed by atoms with Crippen molar-refractivity contribution in [3.8, 4) is 0 Å². The predicted molar refractivity (Wildman–Crippen MR) is 102 cm³/mol. The van der Waals surface area contributed by atoms with Crippen molar-refractivity contribution in [2.45, 2.75) is 38.6 Å². The maximum Gasteiger partial charge on any atom is 0.242 e. The molecule has 3 aromatic rings. The van der Waals surface area contributed by atoms with Crippen molar-refractivity contribution in [1.29, 1.82) is 0 Å². The Morgan fingerprint density at radius 3 is 2.81 bits per heavy atom. The van der Waals surface area contributed by atoms with Gasteiger partial charge in [-0.05, 0) is 51.9 Å². The number of anilines is 1. The Labute approximate surface area is 156 Å². The predicted octanol–water partition coefficient (Wildman–Crippen LogP) is 3.80. The van der Waals surface area contributed by atoms with Gasteiger partial charge in [0.25, 0.3) is 0 Å². The molecule has 6 nitrogen and oxygen atoms in total. The number of carbonyl (C=O) groups excluding carboxylic acids is 1. The molecule has 1 atom stereocenters. The summed E-state index contributed by atoms with van der Waals surface area (Å²) in [6, 6.07) is 9.83. The molecule has 1 aromatic carbocycles. The van der Waals surface area contributed by atoms with Crippen molar-refractivity contribution in [1.82, 2.24) is 15.0 Å². The van der Waals surface area contributed by atoms with E-state index < -0.39 is 0 Å². The second kappa shape index (κ2) is 7.17. The van der Waals surface area contributed by atoms with E-state index in [9.17, 15) is 4.79 Å². The zero-order chi connectivity index (χ0) is 18.1. The number of para-hydroxylation sites is 1. The maximum atomic E-state index is 12.4. The SMILES string of the molecule is Cc1cc(NC(=O)C(C)N2CCC(c3nc4ccccc4s3)CC2)no1. The van der Waals surface area contributed by atoms with E-state index in [2.05, 4.69) is 33.6 Å². The Kier molecular flexibility index (Phi) is 4.74. The van der Waals surface area contributed by atoms with Crippen LogP contribution in [-0.2, 0) is 4.79 Å². The lowest BCUT2D eigenvalue weighted by Crippen LogP contribution is -2.45. The Bertz CT molecular complexity index is 878. The highest BCUT2D eigenvalue weighted by Gasteiger charge is 2.29. The first-order chi connectivity index (χ1) is 12.6. The van der Waals surface area contributed by atoms with Gasteiger partial charge in [-0.25, -0.2) is 4.98 Å². The molecule has 1 aliphatic heterocycles. The minimum Gasteiger partial charge on any atom is -0.360 e. The number of amides is 1. The number of rotatable bonds is 4. The van der Waals surface area contributed by atoms with Gasteiger partial charge in [0, 0.05) is 12.0 Å². The van der Waals surface area contributed by atoms with Crippen LogP contribution in [0.25, 0.3) is 10.2 Å². The largest absolute Gasteiger partial charge is 0.360 e. The van der Waals surface area contributed by atoms with Crippen LogP contribution in [-0.4, -0.2) is 40.1 Å². The van der Waals surface area contributed by atoms with Crippen LogP contribution in [0.3, 0.4) is 0 Å². The minimum atomic E-state index is -0.191. The Morgan fingerprint density at radius 2 is 2.12 bits per heavy atom. The number of carbonyl (C=O) groups is 1. The number of hydrogen-bond acceptors (Lipinski definition) is 6. The van der Waals surface area contributed by atoms with E-state index >= 15 is 0 Å². The number of aromatic nitrogens is 2. The van der Waals surface area contributed by atoms with Gasteiger partial charge in [0.1, 0.15) is 5.76 Å². The van der Waals surface area contributed by atoms with Crippen LogP contribution in [0.15, 0.2) is 34.9 Å². The summed E-state index contributed by atoms with van der Waals surface area (Å²) in [7, 11) is 0. The van der Waals surface area contributed by atoms with Crippen LogP contribution in [0.2, 0.25) is 0 Å². The van der Waals surface area contributed by atoms with Gasteiger partial charge in [-0.1, -0.05) is 17.3 Å². The third kappa shape index (κ3) is 3.50. The molecular weight excluding hydrogens is 348 g/mol. The van der Waals surface area contributed by atoms with Crippen LogP contribution in [0.1, 0.15) is 36.5 Å². The highest BCUT2D eigenvalue weighted by atomic mass is 32.1. The molecule has 0 spiro atoms. The van der Waals surface area contributed by atoms with Crippen LogP contribution >= 0.6 is 11.3 Å². The van der Waals surface area contributed by atoms with Gasteiger partial charge in [-0.15, -0.1) is 11.3 Å². The lowest BCUT2D eigenvalue weighted by Gasteiger charge is -2.34. The lowest BCUT2D eigenvalue weighted by atomic mass is 9.96.